The van der Waals surface area contributed by atoms with Crippen LogP contribution in [-0.4, -0.2) is 83.3 Å². The van der Waals surface area contributed by atoms with Crippen molar-refractivity contribution >= 4 is 6.03 Å². The Hall–Kier alpha value is -2.38. The van der Waals surface area contributed by atoms with E-state index in [9.17, 15) is 4.79 Å². The lowest BCUT2D eigenvalue weighted by Crippen LogP contribution is -2.58. The average molecular weight is 396 g/mol. The number of nitrogens with zero attached hydrogens (tertiary/aromatic N) is 5. The molecule has 7 heteroatoms. The van der Waals surface area contributed by atoms with E-state index in [1.165, 1.54) is 11.3 Å². The fourth-order valence-corrected chi connectivity index (χ4v) is 5.08. The van der Waals surface area contributed by atoms with Crippen LogP contribution in [0.2, 0.25) is 0 Å². The first-order valence-corrected chi connectivity index (χ1v) is 10.6. The van der Waals surface area contributed by atoms with Crippen LogP contribution >= 0.6 is 0 Å². The van der Waals surface area contributed by atoms with Gasteiger partial charge in [0.15, 0.2) is 0 Å². The third-order valence-electron chi connectivity index (χ3n) is 6.87. The van der Waals surface area contributed by atoms with Gasteiger partial charge < -0.3 is 19.1 Å². The number of likely N-dealkylation sites (tertiary alicyclic amines) is 1. The molecule has 29 heavy (non-hydrogen) atoms. The maximum atomic E-state index is 12.9. The van der Waals surface area contributed by atoms with Crippen molar-refractivity contribution in [1.29, 1.82) is 0 Å². The number of aromatic nitrogens is 2. The average Bonchev–Trinajstić information content (AvgIpc) is 3.23. The molecule has 1 aromatic carbocycles. The zero-order chi connectivity index (χ0) is 19.8. The standard InChI is InChI=1S/C22H29N5O2/c1-24-11-12-27-19(18-5-3-2-4-6-18)17-23-20(27)22(24)7-9-25(10-8-22)21(28)26-13-15-29-16-14-26/h2-6,17H,7-16H2,1H3. The maximum Gasteiger partial charge on any atom is 0.320 e. The second-order valence-corrected chi connectivity index (χ2v) is 8.31. The summed E-state index contributed by atoms with van der Waals surface area (Å²) in [7, 11) is 2.21. The summed E-state index contributed by atoms with van der Waals surface area (Å²) in [5.41, 5.74) is 2.32. The van der Waals surface area contributed by atoms with E-state index < -0.39 is 0 Å². The van der Waals surface area contributed by atoms with E-state index in [0.717, 1.165) is 44.8 Å². The van der Waals surface area contributed by atoms with Crippen LogP contribution in [0.4, 0.5) is 4.79 Å². The summed E-state index contributed by atoms with van der Waals surface area (Å²) in [6.45, 7) is 6.19. The number of urea groups is 1. The summed E-state index contributed by atoms with van der Waals surface area (Å²) in [6, 6.07) is 10.7. The van der Waals surface area contributed by atoms with Crippen LogP contribution < -0.4 is 0 Å². The third-order valence-corrected chi connectivity index (χ3v) is 6.87. The molecule has 5 rings (SSSR count). The number of carbonyl (C=O) groups is 1. The number of fused-ring (bicyclic) bond motifs is 2. The van der Waals surface area contributed by atoms with E-state index in [1.807, 2.05) is 22.1 Å². The van der Waals surface area contributed by atoms with Gasteiger partial charge in [-0.1, -0.05) is 30.3 Å². The van der Waals surface area contributed by atoms with E-state index in [-0.39, 0.29) is 11.6 Å². The molecular weight excluding hydrogens is 366 g/mol. The highest BCUT2D eigenvalue weighted by Gasteiger charge is 2.46. The Morgan fingerprint density at radius 3 is 2.38 bits per heavy atom. The molecule has 0 unspecified atom stereocenters. The SMILES string of the molecule is CN1CCn2c(-c3ccccc3)cnc2C12CCN(C(=O)N1CCOCC1)CC2. The lowest BCUT2D eigenvalue weighted by Gasteiger charge is -2.50. The number of amides is 2. The van der Waals surface area contributed by atoms with E-state index in [4.69, 9.17) is 9.72 Å². The molecule has 0 bridgehead atoms. The van der Waals surface area contributed by atoms with Gasteiger partial charge in [0.25, 0.3) is 0 Å². The number of ether oxygens (including phenoxy) is 1. The van der Waals surface area contributed by atoms with Crippen molar-refractivity contribution in [3.05, 3.63) is 42.4 Å². The summed E-state index contributed by atoms with van der Waals surface area (Å²) in [4.78, 5) is 24.2. The number of carbonyl (C=O) groups excluding carboxylic acids is 1. The quantitative estimate of drug-likeness (QED) is 0.743. The van der Waals surface area contributed by atoms with Gasteiger partial charge in [-0.3, -0.25) is 4.90 Å². The molecule has 4 heterocycles. The molecule has 7 nitrogen and oxygen atoms in total. The second kappa shape index (κ2) is 7.46. The fourth-order valence-electron chi connectivity index (χ4n) is 5.08. The van der Waals surface area contributed by atoms with Crippen LogP contribution in [0.1, 0.15) is 18.7 Å². The smallest absolute Gasteiger partial charge is 0.320 e. The minimum atomic E-state index is -0.0902. The molecule has 3 aliphatic rings. The molecule has 0 aliphatic carbocycles. The van der Waals surface area contributed by atoms with Gasteiger partial charge in [-0.25, -0.2) is 9.78 Å². The van der Waals surface area contributed by atoms with Crippen molar-refractivity contribution in [3.63, 3.8) is 0 Å². The molecule has 1 spiro atoms. The summed E-state index contributed by atoms with van der Waals surface area (Å²) in [5.74, 6) is 1.16. The van der Waals surface area contributed by atoms with Crippen LogP contribution in [0.5, 0.6) is 0 Å². The Balaban J connectivity index is 1.38. The molecule has 2 fully saturated rings. The molecule has 1 aromatic heterocycles. The number of piperidine rings is 1. The normalized spacial score (nSPS) is 22.0. The predicted octanol–water partition coefficient (Wildman–Crippen LogP) is 2.24. The van der Waals surface area contributed by atoms with Crippen molar-refractivity contribution in [2.24, 2.45) is 0 Å². The molecule has 2 aromatic rings. The summed E-state index contributed by atoms with van der Waals surface area (Å²) < 4.78 is 7.79. The first kappa shape index (κ1) is 18.6. The predicted molar refractivity (Wildman–Crippen MR) is 111 cm³/mol. The van der Waals surface area contributed by atoms with Gasteiger partial charge in [-0.15, -0.1) is 0 Å². The molecule has 2 saturated heterocycles. The van der Waals surface area contributed by atoms with Crippen LogP contribution in [0.3, 0.4) is 0 Å². The zero-order valence-corrected chi connectivity index (χ0v) is 17.1. The molecule has 0 radical (unpaired) electrons. The van der Waals surface area contributed by atoms with Gasteiger partial charge in [-0.05, 0) is 25.5 Å². The van der Waals surface area contributed by atoms with Gasteiger partial charge in [0, 0.05) is 39.3 Å². The highest BCUT2D eigenvalue weighted by atomic mass is 16.5. The lowest BCUT2D eigenvalue weighted by atomic mass is 9.83. The third kappa shape index (κ3) is 3.13. The molecule has 2 amide bonds. The largest absolute Gasteiger partial charge is 0.378 e. The van der Waals surface area contributed by atoms with Crippen LogP contribution in [0.25, 0.3) is 11.3 Å². The van der Waals surface area contributed by atoms with E-state index in [2.05, 4.69) is 40.8 Å². The molecule has 0 atom stereocenters. The number of rotatable bonds is 1. The number of imidazole rings is 1. The monoisotopic (exact) mass is 395 g/mol. The minimum Gasteiger partial charge on any atom is -0.378 e. The Morgan fingerprint density at radius 2 is 1.66 bits per heavy atom. The van der Waals surface area contributed by atoms with Gasteiger partial charge in [0.1, 0.15) is 5.82 Å². The van der Waals surface area contributed by atoms with Crippen molar-refractivity contribution in [2.75, 3.05) is 53.0 Å². The van der Waals surface area contributed by atoms with Crippen LogP contribution in [0.15, 0.2) is 36.5 Å². The first-order chi connectivity index (χ1) is 14.2. The Morgan fingerprint density at radius 1 is 0.966 bits per heavy atom. The Labute approximate surface area is 171 Å². The topological polar surface area (TPSA) is 53.8 Å². The molecule has 0 saturated carbocycles. The summed E-state index contributed by atoms with van der Waals surface area (Å²) >= 11 is 0. The van der Waals surface area contributed by atoms with Crippen LogP contribution in [0, 0.1) is 0 Å². The Kier molecular flexibility index (Phi) is 4.80. The van der Waals surface area contributed by atoms with E-state index >= 15 is 0 Å². The first-order valence-electron chi connectivity index (χ1n) is 10.6. The molecular formula is C22H29N5O2. The van der Waals surface area contributed by atoms with Crippen molar-refractivity contribution < 1.29 is 9.53 Å². The van der Waals surface area contributed by atoms with Gasteiger partial charge in [0.05, 0.1) is 30.6 Å². The number of hydrogen-bond acceptors (Lipinski definition) is 4. The molecule has 154 valence electrons. The lowest BCUT2D eigenvalue weighted by molar-refractivity contribution is 0.00505. The van der Waals surface area contributed by atoms with Crippen molar-refractivity contribution in [2.45, 2.75) is 24.9 Å². The minimum absolute atomic E-state index is 0.0902. The van der Waals surface area contributed by atoms with Gasteiger partial charge in [0.2, 0.25) is 0 Å². The highest BCUT2D eigenvalue weighted by Crippen LogP contribution is 2.41. The number of hydrogen-bond donors (Lipinski definition) is 0. The van der Waals surface area contributed by atoms with E-state index in [0.29, 0.717) is 26.3 Å². The number of benzene rings is 1. The number of likely N-dealkylation sites (N-methyl/N-ethyl adjacent to an activating group) is 1. The van der Waals surface area contributed by atoms with Gasteiger partial charge >= 0.3 is 6.03 Å². The number of morpholine rings is 1. The highest BCUT2D eigenvalue weighted by molar-refractivity contribution is 5.74. The molecule has 3 aliphatic heterocycles. The summed E-state index contributed by atoms with van der Waals surface area (Å²) in [6.07, 6.45) is 3.87. The molecule has 0 N–H and O–H groups in total. The fraction of sp³-hybridized carbons (Fsp3) is 0.545. The van der Waals surface area contributed by atoms with E-state index in [1.54, 1.807) is 0 Å². The Bertz CT molecular complexity index is 867. The van der Waals surface area contributed by atoms with Crippen LogP contribution in [-0.2, 0) is 16.8 Å². The maximum absolute atomic E-state index is 12.9. The van der Waals surface area contributed by atoms with Gasteiger partial charge in [-0.2, -0.15) is 0 Å². The second-order valence-electron chi connectivity index (χ2n) is 8.31. The van der Waals surface area contributed by atoms with Crippen molar-refractivity contribution in [3.8, 4) is 11.3 Å². The van der Waals surface area contributed by atoms with Crippen molar-refractivity contribution in [1.82, 2.24) is 24.3 Å². The summed E-state index contributed by atoms with van der Waals surface area (Å²) in [5, 5.41) is 0. The zero-order valence-electron chi connectivity index (χ0n) is 17.1.